The lowest BCUT2D eigenvalue weighted by Crippen LogP contribution is -2.41. The first-order valence-corrected chi connectivity index (χ1v) is 7.00. The van der Waals surface area contributed by atoms with Crippen molar-refractivity contribution in [2.24, 2.45) is 5.41 Å². The summed E-state index contributed by atoms with van der Waals surface area (Å²) >= 11 is 0. The molecule has 2 N–H and O–H groups in total. The van der Waals surface area contributed by atoms with Crippen LogP contribution in [0.25, 0.3) is 0 Å². The smallest absolute Gasteiger partial charge is 0.0587 e. The Morgan fingerprint density at radius 1 is 1.33 bits per heavy atom. The minimum absolute atomic E-state index is 0.186. The molecule has 0 heterocycles. The van der Waals surface area contributed by atoms with Gasteiger partial charge in [0.15, 0.2) is 0 Å². The van der Waals surface area contributed by atoms with E-state index in [0.29, 0.717) is 11.5 Å². The van der Waals surface area contributed by atoms with Gasteiger partial charge in [0, 0.05) is 12.1 Å². The van der Waals surface area contributed by atoms with Crippen LogP contribution in [0.3, 0.4) is 0 Å². The maximum absolute atomic E-state index is 9.52. The number of aliphatic hydroxyl groups is 1. The number of rotatable bonds is 5. The number of aliphatic hydroxyl groups excluding tert-OH is 1. The zero-order valence-electron chi connectivity index (χ0n) is 11.5. The zero-order chi connectivity index (χ0) is 13.0. The van der Waals surface area contributed by atoms with Crippen molar-refractivity contribution in [3.05, 3.63) is 35.9 Å². The normalized spacial score (nSPS) is 24.1. The molecule has 2 heteroatoms. The van der Waals surface area contributed by atoms with Crippen molar-refractivity contribution < 1.29 is 5.11 Å². The second-order valence-electron chi connectivity index (χ2n) is 6.34. The summed E-state index contributed by atoms with van der Waals surface area (Å²) in [6, 6.07) is 11.2. The van der Waals surface area contributed by atoms with Crippen molar-refractivity contribution in [2.75, 3.05) is 6.61 Å². The Balaban J connectivity index is 1.87. The van der Waals surface area contributed by atoms with Gasteiger partial charge in [-0.05, 0) is 36.7 Å². The third-order valence-corrected chi connectivity index (χ3v) is 3.99. The van der Waals surface area contributed by atoms with Crippen LogP contribution in [0, 0.1) is 5.41 Å². The van der Waals surface area contributed by atoms with E-state index in [-0.39, 0.29) is 12.6 Å². The molecule has 1 aromatic rings. The van der Waals surface area contributed by atoms with E-state index in [1.165, 1.54) is 24.8 Å². The van der Waals surface area contributed by atoms with Gasteiger partial charge in [-0.15, -0.1) is 0 Å². The Morgan fingerprint density at radius 3 is 2.61 bits per heavy atom. The molecule has 2 atom stereocenters. The predicted octanol–water partition coefficient (Wildman–Crippen LogP) is 2.76. The highest BCUT2D eigenvalue weighted by Gasteiger charge is 2.31. The number of hydrogen-bond acceptors (Lipinski definition) is 2. The topological polar surface area (TPSA) is 32.3 Å². The highest BCUT2D eigenvalue weighted by molar-refractivity contribution is 5.16. The maximum atomic E-state index is 9.52. The van der Waals surface area contributed by atoms with Crippen LogP contribution in [0.4, 0.5) is 0 Å². The monoisotopic (exact) mass is 247 g/mol. The number of nitrogens with one attached hydrogen (secondary N) is 1. The van der Waals surface area contributed by atoms with E-state index in [1.54, 1.807) is 0 Å². The van der Waals surface area contributed by atoms with Gasteiger partial charge in [-0.25, -0.2) is 0 Å². The summed E-state index contributed by atoms with van der Waals surface area (Å²) in [6.45, 7) is 4.88. The highest BCUT2D eigenvalue weighted by Crippen LogP contribution is 2.37. The summed E-state index contributed by atoms with van der Waals surface area (Å²) in [5.41, 5.74) is 1.76. The van der Waals surface area contributed by atoms with Crippen LogP contribution in [0.15, 0.2) is 30.3 Å². The minimum atomic E-state index is 0.186. The summed E-state index contributed by atoms with van der Waals surface area (Å²) in [5.74, 6) is 0. The standard InChI is InChI=1S/C16H25NO/c1-16(2)9-8-14(11-16)17-15(12-18)10-13-6-4-3-5-7-13/h3-7,14-15,17-18H,8-12H2,1-2H3/t14?,15-/m0/s1. The fourth-order valence-corrected chi connectivity index (χ4v) is 2.99. The van der Waals surface area contributed by atoms with E-state index < -0.39 is 0 Å². The molecule has 0 aromatic heterocycles. The average Bonchev–Trinajstić information content (AvgIpc) is 2.69. The Labute approximate surface area is 110 Å². The molecule has 1 fully saturated rings. The Bertz CT molecular complexity index is 361. The molecule has 100 valence electrons. The molecule has 2 rings (SSSR count). The van der Waals surface area contributed by atoms with Crippen molar-refractivity contribution in [3.8, 4) is 0 Å². The average molecular weight is 247 g/mol. The lowest BCUT2D eigenvalue weighted by molar-refractivity contribution is 0.227. The van der Waals surface area contributed by atoms with Crippen molar-refractivity contribution >= 4 is 0 Å². The quantitative estimate of drug-likeness (QED) is 0.838. The molecule has 1 aliphatic carbocycles. The zero-order valence-corrected chi connectivity index (χ0v) is 11.5. The van der Waals surface area contributed by atoms with Gasteiger partial charge in [0.25, 0.3) is 0 Å². The first kappa shape index (κ1) is 13.6. The summed E-state index contributed by atoms with van der Waals surface area (Å²) in [4.78, 5) is 0. The van der Waals surface area contributed by atoms with Gasteiger partial charge in [-0.1, -0.05) is 44.2 Å². The Morgan fingerprint density at radius 2 is 2.06 bits per heavy atom. The molecular weight excluding hydrogens is 222 g/mol. The highest BCUT2D eigenvalue weighted by atomic mass is 16.3. The molecule has 18 heavy (non-hydrogen) atoms. The Hall–Kier alpha value is -0.860. The van der Waals surface area contributed by atoms with Crippen LogP contribution in [0.2, 0.25) is 0 Å². The fraction of sp³-hybridized carbons (Fsp3) is 0.625. The van der Waals surface area contributed by atoms with Gasteiger partial charge < -0.3 is 10.4 Å². The molecule has 0 spiro atoms. The third kappa shape index (κ3) is 3.82. The molecule has 1 aromatic carbocycles. The van der Waals surface area contributed by atoms with Crippen LogP contribution in [-0.2, 0) is 6.42 Å². The number of hydrogen-bond donors (Lipinski definition) is 2. The first-order chi connectivity index (χ1) is 8.59. The van der Waals surface area contributed by atoms with Gasteiger partial charge >= 0.3 is 0 Å². The van der Waals surface area contributed by atoms with Crippen LogP contribution < -0.4 is 5.32 Å². The Kier molecular flexibility index (Phi) is 4.41. The van der Waals surface area contributed by atoms with E-state index >= 15 is 0 Å². The molecule has 1 aliphatic rings. The molecule has 2 nitrogen and oxygen atoms in total. The molecule has 0 bridgehead atoms. The summed E-state index contributed by atoms with van der Waals surface area (Å²) in [5, 5.41) is 13.1. The van der Waals surface area contributed by atoms with Crippen molar-refractivity contribution in [1.82, 2.24) is 5.32 Å². The molecule has 0 saturated heterocycles. The number of benzene rings is 1. The fourth-order valence-electron chi connectivity index (χ4n) is 2.99. The van der Waals surface area contributed by atoms with Crippen molar-refractivity contribution in [1.29, 1.82) is 0 Å². The van der Waals surface area contributed by atoms with E-state index in [4.69, 9.17) is 0 Å². The summed E-state index contributed by atoms with van der Waals surface area (Å²) in [6.07, 6.45) is 4.65. The van der Waals surface area contributed by atoms with Gasteiger partial charge in [-0.2, -0.15) is 0 Å². The van der Waals surface area contributed by atoms with Gasteiger partial charge in [0.2, 0.25) is 0 Å². The van der Waals surface area contributed by atoms with Crippen molar-refractivity contribution in [3.63, 3.8) is 0 Å². The van der Waals surface area contributed by atoms with E-state index in [0.717, 1.165) is 6.42 Å². The summed E-state index contributed by atoms with van der Waals surface area (Å²) in [7, 11) is 0. The second kappa shape index (κ2) is 5.85. The van der Waals surface area contributed by atoms with E-state index in [1.807, 2.05) is 6.07 Å². The predicted molar refractivity (Wildman–Crippen MR) is 75.6 cm³/mol. The largest absolute Gasteiger partial charge is 0.395 e. The third-order valence-electron chi connectivity index (χ3n) is 3.99. The van der Waals surface area contributed by atoms with E-state index in [9.17, 15) is 5.11 Å². The van der Waals surface area contributed by atoms with Crippen LogP contribution >= 0.6 is 0 Å². The van der Waals surface area contributed by atoms with Crippen LogP contribution in [0.5, 0.6) is 0 Å². The summed E-state index contributed by atoms with van der Waals surface area (Å²) < 4.78 is 0. The van der Waals surface area contributed by atoms with Gasteiger partial charge in [-0.3, -0.25) is 0 Å². The van der Waals surface area contributed by atoms with Crippen LogP contribution in [0.1, 0.15) is 38.7 Å². The lowest BCUT2D eigenvalue weighted by Gasteiger charge is -2.23. The second-order valence-corrected chi connectivity index (χ2v) is 6.34. The van der Waals surface area contributed by atoms with Gasteiger partial charge in [0.05, 0.1) is 6.61 Å². The van der Waals surface area contributed by atoms with Crippen LogP contribution in [-0.4, -0.2) is 23.8 Å². The first-order valence-electron chi connectivity index (χ1n) is 7.00. The van der Waals surface area contributed by atoms with E-state index in [2.05, 4.69) is 43.4 Å². The molecule has 0 aliphatic heterocycles. The SMILES string of the molecule is CC1(C)CCC(N[C@H](CO)Cc2ccccc2)C1. The minimum Gasteiger partial charge on any atom is -0.395 e. The van der Waals surface area contributed by atoms with Crippen molar-refractivity contribution in [2.45, 2.75) is 51.6 Å². The molecule has 0 amide bonds. The molecular formula is C16H25NO. The molecule has 1 unspecified atom stereocenters. The maximum Gasteiger partial charge on any atom is 0.0587 e. The molecule has 0 radical (unpaired) electrons. The van der Waals surface area contributed by atoms with Gasteiger partial charge in [0.1, 0.15) is 0 Å². The molecule has 1 saturated carbocycles. The lowest BCUT2D eigenvalue weighted by atomic mass is 9.91.